The number of likely N-dealkylation sites (N-methyl/N-ethyl adjacent to an activating group) is 1. The van der Waals surface area contributed by atoms with Crippen LogP contribution in [0, 0.1) is 0 Å². The Balaban J connectivity index is 2.47. The minimum atomic E-state index is 0.533. The lowest BCUT2D eigenvalue weighted by Gasteiger charge is -2.05. The highest BCUT2D eigenvalue weighted by molar-refractivity contribution is 6.44. The summed E-state index contributed by atoms with van der Waals surface area (Å²) in [4.78, 5) is 4.52. The number of hydrogen-bond donors (Lipinski definition) is 1. The molecule has 0 aliphatic carbocycles. The highest BCUT2D eigenvalue weighted by Gasteiger charge is 2.05. The van der Waals surface area contributed by atoms with Gasteiger partial charge in [0, 0.05) is 24.0 Å². The maximum Gasteiger partial charge on any atom is 0.0906 e. The summed E-state index contributed by atoms with van der Waals surface area (Å²) in [6, 6.07) is 7.76. The Hall–Kier alpha value is -0.830. The smallest absolute Gasteiger partial charge is 0.0906 e. The third-order valence-corrected chi connectivity index (χ3v) is 3.24. The van der Waals surface area contributed by atoms with E-state index < -0.39 is 0 Å². The Morgan fingerprint density at radius 2 is 1.94 bits per heavy atom. The van der Waals surface area contributed by atoms with Crippen LogP contribution in [0.4, 0.5) is 0 Å². The van der Waals surface area contributed by atoms with E-state index in [4.69, 9.17) is 23.2 Å². The Morgan fingerprint density at radius 1 is 1.19 bits per heavy atom. The van der Waals surface area contributed by atoms with Crippen LogP contribution in [0.15, 0.2) is 24.3 Å². The summed E-state index contributed by atoms with van der Waals surface area (Å²) in [5, 5.41) is 5.19. The van der Waals surface area contributed by atoms with Crippen molar-refractivity contribution in [2.24, 2.45) is 0 Å². The number of aromatic nitrogens is 1. The lowest BCUT2D eigenvalue weighted by molar-refractivity contribution is 0.779. The van der Waals surface area contributed by atoms with Crippen molar-refractivity contribution in [2.75, 3.05) is 13.6 Å². The van der Waals surface area contributed by atoms with Gasteiger partial charge in [-0.15, -0.1) is 0 Å². The average molecular weight is 255 g/mol. The average Bonchev–Trinajstić information content (AvgIpc) is 2.31. The molecule has 4 heteroatoms. The Labute approximate surface area is 105 Å². The van der Waals surface area contributed by atoms with Crippen molar-refractivity contribution in [3.8, 4) is 0 Å². The van der Waals surface area contributed by atoms with Crippen molar-refractivity contribution in [3.05, 3.63) is 40.0 Å². The van der Waals surface area contributed by atoms with E-state index in [2.05, 4.69) is 10.3 Å². The summed E-state index contributed by atoms with van der Waals surface area (Å²) < 4.78 is 0. The van der Waals surface area contributed by atoms with Crippen molar-refractivity contribution in [1.82, 2.24) is 10.3 Å². The minimum Gasteiger partial charge on any atom is -0.319 e. The predicted octanol–water partition coefficient (Wildman–Crippen LogP) is 3.30. The first kappa shape index (κ1) is 11.6. The molecule has 0 saturated carbocycles. The van der Waals surface area contributed by atoms with Gasteiger partial charge in [-0.25, -0.2) is 0 Å². The van der Waals surface area contributed by atoms with E-state index in [1.54, 1.807) is 6.07 Å². The molecule has 2 aromatic rings. The van der Waals surface area contributed by atoms with Gasteiger partial charge in [0.2, 0.25) is 0 Å². The topological polar surface area (TPSA) is 24.9 Å². The molecule has 1 heterocycles. The quantitative estimate of drug-likeness (QED) is 0.910. The van der Waals surface area contributed by atoms with Crippen LogP contribution in [0.5, 0.6) is 0 Å². The van der Waals surface area contributed by atoms with Gasteiger partial charge in [-0.05, 0) is 19.2 Å². The number of halogens is 2. The summed E-state index contributed by atoms with van der Waals surface area (Å²) in [5.41, 5.74) is 1.80. The number of pyridine rings is 1. The SMILES string of the molecule is CNCCc1ccc2ccc(Cl)c(Cl)c2n1. The molecule has 0 aliphatic heterocycles. The van der Waals surface area contributed by atoms with Gasteiger partial charge in [0.05, 0.1) is 15.6 Å². The maximum absolute atomic E-state index is 6.12. The van der Waals surface area contributed by atoms with Crippen LogP contribution < -0.4 is 5.32 Å². The van der Waals surface area contributed by atoms with Gasteiger partial charge in [0.15, 0.2) is 0 Å². The second-order valence-electron chi connectivity index (χ2n) is 3.59. The molecule has 0 unspecified atom stereocenters. The molecule has 0 atom stereocenters. The minimum absolute atomic E-state index is 0.533. The predicted molar refractivity (Wildman–Crippen MR) is 69.4 cm³/mol. The van der Waals surface area contributed by atoms with Gasteiger partial charge in [-0.3, -0.25) is 4.98 Å². The molecule has 84 valence electrons. The molecular formula is C12H12Cl2N2. The fraction of sp³-hybridized carbons (Fsp3) is 0.250. The van der Waals surface area contributed by atoms with Crippen molar-refractivity contribution in [3.63, 3.8) is 0 Å². The molecule has 1 aromatic carbocycles. The zero-order chi connectivity index (χ0) is 11.5. The van der Waals surface area contributed by atoms with Crippen LogP contribution in [-0.2, 0) is 6.42 Å². The molecular weight excluding hydrogens is 243 g/mol. The van der Waals surface area contributed by atoms with E-state index in [1.807, 2.05) is 25.2 Å². The maximum atomic E-state index is 6.12. The normalized spacial score (nSPS) is 10.9. The fourth-order valence-electron chi connectivity index (χ4n) is 1.56. The van der Waals surface area contributed by atoms with Gasteiger partial charge in [-0.1, -0.05) is 35.3 Å². The first-order valence-electron chi connectivity index (χ1n) is 5.10. The molecule has 0 spiro atoms. The third-order valence-electron chi connectivity index (χ3n) is 2.44. The van der Waals surface area contributed by atoms with E-state index >= 15 is 0 Å². The zero-order valence-electron chi connectivity index (χ0n) is 8.93. The second-order valence-corrected chi connectivity index (χ2v) is 4.37. The first-order chi connectivity index (χ1) is 7.72. The molecule has 1 aromatic heterocycles. The lowest BCUT2D eigenvalue weighted by atomic mass is 10.2. The summed E-state index contributed by atoms with van der Waals surface area (Å²) in [6.07, 6.45) is 0.884. The number of fused-ring (bicyclic) bond motifs is 1. The second kappa shape index (κ2) is 5.00. The third kappa shape index (κ3) is 2.29. The summed E-state index contributed by atoms with van der Waals surface area (Å²) in [5.74, 6) is 0. The first-order valence-corrected chi connectivity index (χ1v) is 5.86. The van der Waals surface area contributed by atoms with Gasteiger partial charge < -0.3 is 5.32 Å². The molecule has 0 amide bonds. The van der Waals surface area contributed by atoms with E-state index in [1.165, 1.54) is 0 Å². The van der Waals surface area contributed by atoms with Crippen LogP contribution in [0.3, 0.4) is 0 Å². The van der Waals surface area contributed by atoms with Crippen LogP contribution in [0.25, 0.3) is 10.9 Å². The van der Waals surface area contributed by atoms with Crippen molar-refractivity contribution in [1.29, 1.82) is 0 Å². The molecule has 0 fully saturated rings. The largest absolute Gasteiger partial charge is 0.319 e. The summed E-state index contributed by atoms with van der Waals surface area (Å²) >= 11 is 12.1. The Morgan fingerprint density at radius 3 is 2.69 bits per heavy atom. The van der Waals surface area contributed by atoms with Gasteiger partial charge in [-0.2, -0.15) is 0 Å². The van der Waals surface area contributed by atoms with Crippen LogP contribution >= 0.6 is 23.2 Å². The molecule has 2 nitrogen and oxygen atoms in total. The number of rotatable bonds is 3. The van der Waals surface area contributed by atoms with Gasteiger partial charge in [0.25, 0.3) is 0 Å². The van der Waals surface area contributed by atoms with E-state index in [0.29, 0.717) is 10.0 Å². The molecule has 16 heavy (non-hydrogen) atoms. The van der Waals surface area contributed by atoms with Crippen molar-refractivity contribution in [2.45, 2.75) is 6.42 Å². The molecule has 1 N–H and O–H groups in total. The van der Waals surface area contributed by atoms with Crippen LogP contribution in [-0.4, -0.2) is 18.6 Å². The molecule has 0 bridgehead atoms. The Kier molecular flexibility index (Phi) is 3.64. The van der Waals surface area contributed by atoms with Crippen molar-refractivity contribution >= 4 is 34.1 Å². The van der Waals surface area contributed by atoms with Crippen LogP contribution in [0.2, 0.25) is 10.0 Å². The zero-order valence-corrected chi connectivity index (χ0v) is 10.4. The van der Waals surface area contributed by atoms with Gasteiger partial charge in [0.1, 0.15) is 0 Å². The molecule has 0 saturated heterocycles. The van der Waals surface area contributed by atoms with Gasteiger partial charge >= 0.3 is 0 Å². The highest BCUT2D eigenvalue weighted by atomic mass is 35.5. The molecule has 0 radical (unpaired) electrons. The molecule has 0 aliphatic rings. The lowest BCUT2D eigenvalue weighted by Crippen LogP contribution is -2.11. The highest BCUT2D eigenvalue weighted by Crippen LogP contribution is 2.29. The van der Waals surface area contributed by atoms with Crippen LogP contribution in [0.1, 0.15) is 5.69 Å². The molecule has 2 rings (SSSR count). The summed E-state index contributed by atoms with van der Waals surface area (Å²) in [7, 11) is 1.92. The monoisotopic (exact) mass is 254 g/mol. The number of nitrogens with zero attached hydrogens (tertiary/aromatic N) is 1. The van der Waals surface area contributed by atoms with E-state index in [-0.39, 0.29) is 0 Å². The number of benzene rings is 1. The van der Waals surface area contributed by atoms with Crippen molar-refractivity contribution < 1.29 is 0 Å². The number of nitrogens with one attached hydrogen (secondary N) is 1. The Bertz CT molecular complexity index is 512. The van der Waals surface area contributed by atoms with E-state index in [9.17, 15) is 0 Å². The number of hydrogen-bond acceptors (Lipinski definition) is 2. The summed E-state index contributed by atoms with van der Waals surface area (Å²) in [6.45, 7) is 0.899. The standard InChI is InChI=1S/C12H12Cl2N2/c1-15-7-6-9-4-2-8-3-5-10(13)11(14)12(8)16-9/h2-5,15H,6-7H2,1H3. The van der Waals surface area contributed by atoms with E-state index in [0.717, 1.165) is 29.6 Å². The fourth-order valence-corrected chi connectivity index (χ4v) is 1.93.